The van der Waals surface area contributed by atoms with Crippen LogP contribution in [0.1, 0.15) is 49.9 Å². The largest absolute Gasteiger partial charge is 0.395 e. The molecule has 1 aromatic carbocycles. The summed E-state index contributed by atoms with van der Waals surface area (Å²) in [6, 6.07) is 6.74. The summed E-state index contributed by atoms with van der Waals surface area (Å²) in [5, 5.41) is 23.6. The maximum Gasteiger partial charge on any atom is 0.258 e. The smallest absolute Gasteiger partial charge is 0.258 e. The zero-order valence-corrected chi connectivity index (χ0v) is 24.3. The Hall–Kier alpha value is -3.39. The number of benzene rings is 1. The van der Waals surface area contributed by atoms with Crippen molar-refractivity contribution < 1.29 is 23.1 Å². The second kappa shape index (κ2) is 11.8. The van der Waals surface area contributed by atoms with E-state index in [0.717, 1.165) is 37.9 Å². The molecule has 1 aromatic heterocycles. The molecule has 0 spiro atoms. The van der Waals surface area contributed by atoms with Gasteiger partial charge in [0, 0.05) is 32.1 Å². The number of carbonyl (C=O) groups excluding carboxylic acids is 1. The number of nitrogens with one attached hydrogen (secondary N) is 4. The standard InChI is InChI=1S/C28H39N7O5S/c1-27-10-15-34(16-11-27)23-20-21(33-41(38,39)19-17-36)6-7-22(23)26(37)31-25-9-8-24(35-14-5-13-30-35)28(2,32-25)29-12-3-4-18-40-27/h5-9,13-14,20,29,32-33,36H,3-4,10-12,15-19H2,1-2H3,(H,31,37). The fraction of sp³-hybridized carbons (Fsp3) is 0.500. The van der Waals surface area contributed by atoms with Crippen molar-refractivity contribution in [2.45, 2.75) is 50.8 Å². The number of ether oxygens (including phenoxy) is 1. The van der Waals surface area contributed by atoms with Gasteiger partial charge < -0.3 is 25.4 Å². The van der Waals surface area contributed by atoms with Crippen molar-refractivity contribution >= 4 is 33.0 Å². The molecule has 1 atom stereocenters. The SMILES string of the molecule is CC12CCN(CC1)c1cc(NS(=O)(=O)CCO)ccc1C(=O)NC1=CC=C(n3cccn3)C(C)(NCCCCO2)N1. The number of hydrogen-bond acceptors (Lipinski definition) is 9. The van der Waals surface area contributed by atoms with Crippen molar-refractivity contribution in [3.05, 3.63) is 60.2 Å². The minimum Gasteiger partial charge on any atom is -0.395 e. The van der Waals surface area contributed by atoms with Crippen LogP contribution in [0.25, 0.3) is 5.70 Å². The molecule has 5 N–H and O–H groups in total. The van der Waals surface area contributed by atoms with Crippen LogP contribution in [0.2, 0.25) is 0 Å². The first-order chi connectivity index (χ1) is 19.6. The highest BCUT2D eigenvalue weighted by Crippen LogP contribution is 2.33. The van der Waals surface area contributed by atoms with E-state index in [1.54, 1.807) is 29.1 Å². The quantitative estimate of drug-likeness (QED) is 0.354. The van der Waals surface area contributed by atoms with Crippen LogP contribution in [0.3, 0.4) is 0 Å². The van der Waals surface area contributed by atoms with Gasteiger partial charge in [-0.25, -0.2) is 13.1 Å². The first kappa shape index (κ1) is 29.1. The van der Waals surface area contributed by atoms with E-state index in [-0.39, 0.29) is 11.5 Å². The summed E-state index contributed by atoms with van der Waals surface area (Å²) in [5.41, 5.74) is 1.27. The van der Waals surface area contributed by atoms with Crippen molar-refractivity contribution in [2.75, 3.05) is 48.2 Å². The Bertz CT molecular complexity index is 1420. The molecule has 222 valence electrons. The summed E-state index contributed by atoms with van der Waals surface area (Å²) in [7, 11) is -3.73. The summed E-state index contributed by atoms with van der Waals surface area (Å²) < 4.78 is 35.4. The molecule has 1 amide bonds. The highest BCUT2D eigenvalue weighted by Gasteiger charge is 2.35. The van der Waals surface area contributed by atoms with Gasteiger partial charge in [0.1, 0.15) is 11.5 Å². The number of carbonyl (C=O) groups is 1. The van der Waals surface area contributed by atoms with E-state index in [4.69, 9.17) is 9.84 Å². The van der Waals surface area contributed by atoms with Gasteiger partial charge in [-0.1, -0.05) is 0 Å². The zero-order valence-electron chi connectivity index (χ0n) is 23.5. The number of fused-ring (bicyclic) bond motifs is 8. The van der Waals surface area contributed by atoms with E-state index in [0.29, 0.717) is 42.5 Å². The number of anilines is 2. The summed E-state index contributed by atoms with van der Waals surface area (Å²) in [6.45, 7) is 6.35. The molecule has 1 fully saturated rings. The summed E-state index contributed by atoms with van der Waals surface area (Å²) in [5.74, 6) is -0.209. The molecule has 5 heterocycles. The van der Waals surface area contributed by atoms with Gasteiger partial charge in [-0.15, -0.1) is 0 Å². The fourth-order valence-corrected chi connectivity index (χ4v) is 6.30. The molecule has 0 radical (unpaired) electrons. The molecule has 0 saturated carbocycles. The van der Waals surface area contributed by atoms with E-state index < -0.39 is 28.0 Å². The summed E-state index contributed by atoms with van der Waals surface area (Å²) in [4.78, 5) is 15.8. The molecule has 1 saturated heterocycles. The molecule has 12 nitrogen and oxygen atoms in total. The van der Waals surface area contributed by atoms with Gasteiger partial charge in [-0.05, 0) is 82.5 Å². The zero-order chi connectivity index (χ0) is 29.1. The van der Waals surface area contributed by atoms with Gasteiger partial charge in [0.15, 0.2) is 0 Å². The minimum absolute atomic E-state index is 0.272. The second-order valence-corrected chi connectivity index (χ2v) is 12.9. The Balaban J connectivity index is 1.50. The lowest BCUT2D eigenvalue weighted by atomic mass is 9.92. The lowest BCUT2D eigenvalue weighted by Crippen LogP contribution is -2.59. The Morgan fingerprint density at radius 1 is 1.17 bits per heavy atom. The maximum absolute atomic E-state index is 13.7. The Morgan fingerprint density at radius 3 is 2.71 bits per heavy atom. The third kappa shape index (κ3) is 6.75. The number of hydrogen-bond donors (Lipinski definition) is 5. The van der Waals surface area contributed by atoms with Gasteiger partial charge >= 0.3 is 0 Å². The number of rotatable bonds is 5. The highest BCUT2D eigenvalue weighted by atomic mass is 32.2. The normalized spacial score (nSPS) is 25.7. The topological polar surface area (TPSA) is 150 Å². The molecule has 4 bridgehead atoms. The van der Waals surface area contributed by atoms with Crippen LogP contribution < -0.4 is 25.6 Å². The number of piperidine rings is 1. The van der Waals surface area contributed by atoms with Gasteiger partial charge in [-0.3, -0.25) is 14.8 Å². The van der Waals surface area contributed by atoms with Crippen LogP contribution in [0.4, 0.5) is 11.4 Å². The Kier molecular flexibility index (Phi) is 8.41. The van der Waals surface area contributed by atoms with Crippen LogP contribution in [-0.2, 0) is 14.8 Å². The van der Waals surface area contributed by atoms with Gasteiger partial charge in [0.25, 0.3) is 5.91 Å². The minimum atomic E-state index is -3.73. The fourth-order valence-electron chi connectivity index (χ4n) is 5.47. The van der Waals surface area contributed by atoms with Crippen LogP contribution in [-0.4, -0.2) is 79.1 Å². The summed E-state index contributed by atoms with van der Waals surface area (Å²) in [6.07, 6.45) is 10.7. The van der Waals surface area contributed by atoms with Gasteiger partial charge in [0.2, 0.25) is 10.0 Å². The second-order valence-electron chi connectivity index (χ2n) is 11.1. The molecule has 4 aliphatic rings. The molecular weight excluding hydrogens is 546 g/mol. The lowest BCUT2D eigenvalue weighted by molar-refractivity contribution is -0.0490. The van der Waals surface area contributed by atoms with E-state index in [9.17, 15) is 13.2 Å². The third-order valence-electron chi connectivity index (χ3n) is 7.84. The molecule has 1 unspecified atom stereocenters. The average Bonchev–Trinajstić information content (AvgIpc) is 3.45. The van der Waals surface area contributed by atoms with E-state index in [1.165, 1.54) is 0 Å². The Labute approximate surface area is 240 Å². The monoisotopic (exact) mass is 585 g/mol. The molecule has 4 aliphatic heterocycles. The first-order valence-corrected chi connectivity index (χ1v) is 15.7. The van der Waals surface area contributed by atoms with Crippen molar-refractivity contribution in [2.24, 2.45) is 0 Å². The molecule has 6 rings (SSSR count). The predicted molar refractivity (Wildman–Crippen MR) is 158 cm³/mol. The number of aliphatic hydroxyl groups is 1. The van der Waals surface area contributed by atoms with Crippen LogP contribution in [0.5, 0.6) is 0 Å². The molecule has 2 aromatic rings. The van der Waals surface area contributed by atoms with E-state index in [2.05, 4.69) is 37.6 Å². The summed E-state index contributed by atoms with van der Waals surface area (Å²) >= 11 is 0. The molecular formula is C28H39N7O5S. The first-order valence-electron chi connectivity index (χ1n) is 14.0. The molecule has 0 aliphatic carbocycles. The number of dihydropyridines is 1. The number of nitrogens with zero attached hydrogens (tertiary/aromatic N) is 3. The van der Waals surface area contributed by atoms with E-state index >= 15 is 0 Å². The van der Waals surface area contributed by atoms with Crippen LogP contribution in [0, 0.1) is 0 Å². The molecule has 13 heteroatoms. The lowest BCUT2D eigenvalue weighted by Gasteiger charge is -2.41. The van der Waals surface area contributed by atoms with Crippen LogP contribution in [0.15, 0.2) is 54.6 Å². The van der Waals surface area contributed by atoms with Crippen molar-refractivity contribution in [3.8, 4) is 0 Å². The highest BCUT2D eigenvalue weighted by molar-refractivity contribution is 7.92. The Morgan fingerprint density at radius 2 is 1.98 bits per heavy atom. The van der Waals surface area contributed by atoms with Crippen molar-refractivity contribution in [1.29, 1.82) is 0 Å². The number of aromatic nitrogens is 2. The van der Waals surface area contributed by atoms with Gasteiger partial charge in [0.05, 0.1) is 40.6 Å². The molecule has 41 heavy (non-hydrogen) atoms. The maximum atomic E-state index is 13.7. The average molecular weight is 586 g/mol. The van der Waals surface area contributed by atoms with E-state index in [1.807, 2.05) is 31.3 Å². The van der Waals surface area contributed by atoms with Crippen LogP contribution >= 0.6 is 0 Å². The van der Waals surface area contributed by atoms with Gasteiger partial charge in [-0.2, -0.15) is 5.10 Å². The number of amides is 1. The number of aliphatic hydroxyl groups excluding tert-OH is 1. The van der Waals surface area contributed by atoms with Crippen molar-refractivity contribution in [1.82, 2.24) is 25.7 Å². The number of sulfonamides is 1. The van der Waals surface area contributed by atoms with Crippen molar-refractivity contribution in [3.63, 3.8) is 0 Å². The third-order valence-corrected chi connectivity index (χ3v) is 9.11. The number of allylic oxidation sites excluding steroid dienone is 2. The predicted octanol–water partition coefficient (Wildman–Crippen LogP) is 1.81.